The molecule has 0 saturated carbocycles. The first kappa shape index (κ1) is 12.7. The van der Waals surface area contributed by atoms with Crippen molar-refractivity contribution in [1.29, 1.82) is 0 Å². The first-order valence-corrected chi connectivity index (χ1v) is 2.46. The molecule has 52 valence electrons. The van der Waals surface area contributed by atoms with Crippen LogP contribution in [0.25, 0.3) is 0 Å². The van der Waals surface area contributed by atoms with E-state index < -0.39 is 0 Å². The Kier molecular flexibility index (Phi) is 10.0. The molecule has 1 rings (SSSR count). The molecular formula is C5H10BrO2Zn-. The average molecular weight is 247 g/mol. The first-order chi connectivity index (χ1) is 3.43. The van der Waals surface area contributed by atoms with E-state index in [1.54, 1.807) is 0 Å². The molecule has 0 amide bonds. The molecule has 0 unspecified atom stereocenters. The molecule has 1 fully saturated rings. The quantitative estimate of drug-likeness (QED) is 0.511. The van der Waals surface area contributed by atoms with Gasteiger partial charge in [-0.2, -0.15) is 6.92 Å². The molecule has 1 heterocycles. The fraction of sp³-hybridized carbons (Fsp3) is 0.800. The Hall–Kier alpha value is 1.02. The summed E-state index contributed by atoms with van der Waals surface area (Å²) in [6.07, 6.45) is 1.87. The molecule has 1 aliphatic heterocycles. The molecule has 0 radical (unpaired) electrons. The van der Waals surface area contributed by atoms with Gasteiger partial charge in [-0.15, -0.1) is 17.0 Å². The second-order valence-electron chi connectivity index (χ2n) is 1.44. The van der Waals surface area contributed by atoms with E-state index >= 15 is 0 Å². The van der Waals surface area contributed by atoms with Crippen LogP contribution in [0.5, 0.6) is 0 Å². The molecule has 0 atom stereocenters. The van der Waals surface area contributed by atoms with E-state index in [4.69, 9.17) is 9.47 Å². The number of hydrogen-bond acceptors (Lipinski definition) is 2. The van der Waals surface area contributed by atoms with Gasteiger partial charge in [0.1, 0.15) is 0 Å². The number of rotatable bonds is 1. The minimum atomic E-state index is -0.0278. The van der Waals surface area contributed by atoms with E-state index in [-0.39, 0.29) is 42.7 Å². The molecule has 0 aromatic carbocycles. The maximum Gasteiger partial charge on any atom is 0.0698 e. The third kappa shape index (κ3) is 4.43. The van der Waals surface area contributed by atoms with Gasteiger partial charge in [-0.1, -0.05) is 0 Å². The maximum atomic E-state index is 5.02. The summed E-state index contributed by atoms with van der Waals surface area (Å²) in [6.45, 7) is 3.42. The van der Waals surface area contributed by atoms with Crippen molar-refractivity contribution in [3.05, 3.63) is 6.42 Å². The molecule has 4 heteroatoms. The monoisotopic (exact) mass is 245 g/mol. The van der Waals surface area contributed by atoms with Gasteiger partial charge in [-0.25, -0.2) is 0 Å². The predicted molar refractivity (Wildman–Crippen MR) is 36.0 cm³/mol. The third-order valence-electron chi connectivity index (χ3n) is 0.920. The van der Waals surface area contributed by atoms with Gasteiger partial charge in [-0.05, 0) is 0 Å². The summed E-state index contributed by atoms with van der Waals surface area (Å²) in [4.78, 5) is 0. The Morgan fingerprint density at radius 3 is 2.00 bits per heavy atom. The Morgan fingerprint density at radius 1 is 1.33 bits per heavy atom. The van der Waals surface area contributed by atoms with Crippen molar-refractivity contribution in [2.75, 3.05) is 13.2 Å². The summed E-state index contributed by atoms with van der Waals surface area (Å²) in [6, 6.07) is 0. The van der Waals surface area contributed by atoms with Crippen LogP contribution in [0.3, 0.4) is 0 Å². The zero-order chi connectivity index (χ0) is 5.11. The van der Waals surface area contributed by atoms with E-state index in [9.17, 15) is 0 Å². The molecule has 0 aromatic rings. The Morgan fingerprint density at radius 2 is 1.78 bits per heavy atom. The van der Waals surface area contributed by atoms with Crippen molar-refractivity contribution in [2.24, 2.45) is 0 Å². The summed E-state index contributed by atoms with van der Waals surface area (Å²) >= 11 is 0. The zero-order valence-corrected chi connectivity index (χ0v) is 10.2. The molecule has 0 aromatic heterocycles. The molecule has 2 nitrogen and oxygen atoms in total. The van der Waals surface area contributed by atoms with E-state index in [0.717, 1.165) is 13.2 Å². The normalized spacial score (nSPS) is 18.3. The summed E-state index contributed by atoms with van der Waals surface area (Å²) in [7, 11) is 0. The Balaban J connectivity index is 0. The Labute approximate surface area is 78.8 Å². The molecule has 0 N–H and O–H groups in total. The van der Waals surface area contributed by atoms with Gasteiger partial charge in [-0.3, -0.25) is 6.42 Å². The minimum absolute atomic E-state index is 0. The van der Waals surface area contributed by atoms with E-state index in [1.165, 1.54) is 0 Å². The van der Waals surface area contributed by atoms with Gasteiger partial charge >= 0.3 is 0 Å². The number of halogens is 1. The van der Waals surface area contributed by atoms with Gasteiger partial charge in [0.25, 0.3) is 0 Å². The molecular weight excluding hydrogens is 237 g/mol. The topological polar surface area (TPSA) is 18.5 Å². The Bertz CT molecular complexity index is 56.9. The van der Waals surface area contributed by atoms with Crippen LogP contribution < -0.4 is 0 Å². The molecule has 1 aliphatic rings. The average Bonchev–Trinajstić information content (AvgIpc) is 2.14. The van der Waals surface area contributed by atoms with Crippen LogP contribution in [0.1, 0.15) is 6.92 Å². The smallest absolute Gasteiger partial charge is 0.0698 e. The molecule has 1 saturated heterocycles. The summed E-state index contributed by atoms with van der Waals surface area (Å²) < 4.78 is 10.0. The van der Waals surface area contributed by atoms with Crippen LogP contribution >= 0.6 is 17.0 Å². The fourth-order valence-corrected chi connectivity index (χ4v) is 0.569. The van der Waals surface area contributed by atoms with Crippen molar-refractivity contribution in [2.45, 2.75) is 13.2 Å². The van der Waals surface area contributed by atoms with E-state index in [1.807, 2.05) is 13.3 Å². The van der Waals surface area contributed by atoms with Crippen LogP contribution in [0.2, 0.25) is 0 Å². The van der Waals surface area contributed by atoms with E-state index in [0.29, 0.717) is 0 Å². The minimum Gasteiger partial charge on any atom is -0.381 e. The number of hydrogen-bond donors (Lipinski definition) is 0. The largest absolute Gasteiger partial charge is 0.381 e. The van der Waals surface area contributed by atoms with Gasteiger partial charge in [0, 0.05) is 25.8 Å². The summed E-state index contributed by atoms with van der Waals surface area (Å²) in [5.41, 5.74) is 0. The second-order valence-corrected chi connectivity index (χ2v) is 1.44. The summed E-state index contributed by atoms with van der Waals surface area (Å²) in [5, 5.41) is 0. The number of ether oxygens (including phenoxy) is 2. The van der Waals surface area contributed by atoms with Crippen LogP contribution in [0.15, 0.2) is 0 Å². The van der Waals surface area contributed by atoms with Crippen LogP contribution in [-0.2, 0) is 29.0 Å². The fourth-order valence-electron chi connectivity index (χ4n) is 0.569. The third-order valence-corrected chi connectivity index (χ3v) is 0.920. The molecule has 9 heavy (non-hydrogen) atoms. The first-order valence-electron chi connectivity index (χ1n) is 2.46. The second kappa shape index (κ2) is 7.13. The van der Waals surface area contributed by atoms with Crippen LogP contribution in [0.4, 0.5) is 0 Å². The summed E-state index contributed by atoms with van der Waals surface area (Å²) in [5.74, 6) is 0. The van der Waals surface area contributed by atoms with Crippen molar-refractivity contribution < 1.29 is 29.0 Å². The molecule has 0 aliphatic carbocycles. The van der Waals surface area contributed by atoms with Crippen LogP contribution in [0, 0.1) is 6.42 Å². The molecule has 0 bridgehead atoms. The molecule has 0 spiro atoms. The van der Waals surface area contributed by atoms with Crippen molar-refractivity contribution >= 4 is 17.0 Å². The maximum absolute atomic E-state index is 5.02. The standard InChI is InChI=1S/C5H9O2.BrH.Zn/c1-2-5-6-3-4-7-5;;/h2,5H,3-4H2,1H3;1H;/q-1;;. The van der Waals surface area contributed by atoms with Crippen molar-refractivity contribution in [3.8, 4) is 0 Å². The SMILES string of the molecule is Br.C[CH-]C1OCCO1.[Zn]. The van der Waals surface area contributed by atoms with Gasteiger partial charge < -0.3 is 9.47 Å². The predicted octanol–water partition coefficient (Wildman–Crippen LogP) is 1.16. The van der Waals surface area contributed by atoms with Gasteiger partial charge in [0.2, 0.25) is 0 Å². The zero-order valence-electron chi connectivity index (χ0n) is 5.50. The van der Waals surface area contributed by atoms with Crippen molar-refractivity contribution in [3.63, 3.8) is 0 Å². The van der Waals surface area contributed by atoms with Crippen LogP contribution in [-0.4, -0.2) is 19.5 Å². The van der Waals surface area contributed by atoms with Gasteiger partial charge in [0.05, 0.1) is 13.2 Å². The van der Waals surface area contributed by atoms with Crippen molar-refractivity contribution in [1.82, 2.24) is 0 Å². The van der Waals surface area contributed by atoms with Gasteiger partial charge in [0.15, 0.2) is 0 Å². The van der Waals surface area contributed by atoms with E-state index in [2.05, 4.69) is 0 Å².